The van der Waals surface area contributed by atoms with Gasteiger partial charge in [0.2, 0.25) is 0 Å². The molecule has 0 unspecified atom stereocenters. The van der Waals surface area contributed by atoms with Crippen LogP contribution >= 0.6 is 11.8 Å². The summed E-state index contributed by atoms with van der Waals surface area (Å²) in [5.74, 6) is -1.27. The quantitative estimate of drug-likeness (QED) is 0.847. The topological polar surface area (TPSA) is 37.3 Å². The highest BCUT2D eigenvalue weighted by molar-refractivity contribution is 8.00. The highest BCUT2D eigenvalue weighted by Crippen LogP contribution is 2.48. The van der Waals surface area contributed by atoms with Crippen LogP contribution in [0.5, 0.6) is 0 Å². The SMILES string of the molecule is O=C(O)[C@@H]1C[C@H]1c1ccc(SC(F)(F)F)cc1. The lowest BCUT2D eigenvalue weighted by Crippen LogP contribution is -2.00. The lowest BCUT2D eigenvalue weighted by Gasteiger charge is -2.06. The molecule has 0 saturated heterocycles. The van der Waals surface area contributed by atoms with Crippen molar-refractivity contribution in [2.45, 2.75) is 22.7 Å². The van der Waals surface area contributed by atoms with E-state index in [1.165, 1.54) is 12.1 Å². The molecule has 17 heavy (non-hydrogen) atoms. The Kier molecular flexibility index (Phi) is 3.07. The Balaban J connectivity index is 2.02. The van der Waals surface area contributed by atoms with E-state index < -0.39 is 11.5 Å². The molecule has 1 aromatic carbocycles. The van der Waals surface area contributed by atoms with E-state index in [-0.39, 0.29) is 28.5 Å². The highest BCUT2D eigenvalue weighted by Gasteiger charge is 2.44. The Morgan fingerprint density at radius 1 is 1.29 bits per heavy atom. The summed E-state index contributed by atoms with van der Waals surface area (Å²) in [4.78, 5) is 10.8. The third kappa shape index (κ3) is 3.15. The summed E-state index contributed by atoms with van der Waals surface area (Å²) in [6.45, 7) is 0. The van der Waals surface area contributed by atoms with Crippen molar-refractivity contribution in [1.82, 2.24) is 0 Å². The Hall–Kier alpha value is -1.17. The van der Waals surface area contributed by atoms with Crippen LogP contribution in [0.4, 0.5) is 13.2 Å². The maximum Gasteiger partial charge on any atom is 0.446 e. The van der Waals surface area contributed by atoms with Gasteiger partial charge < -0.3 is 5.11 Å². The normalized spacial score (nSPS) is 23.5. The van der Waals surface area contributed by atoms with E-state index in [9.17, 15) is 18.0 Å². The molecule has 0 amide bonds. The Labute approximate surface area is 99.8 Å². The van der Waals surface area contributed by atoms with Gasteiger partial charge in [-0.05, 0) is 41.8 Å². The molecule has 92 valence electrons. The molecule has 0 aliphatic heterocycles. The lowest BCUT2D eigenvalue weighted by atomic mass is 10.1. The number of halogens is 3. The third-order valence-electron chi connectivity index (χ3n) is 2.65. The predicted molar refractivity (Wildman–Crippen MR) is 56.8 cm³/mol. The van der Waals surface area contributed by atoms with Crippen LogP contribution in [0.1, 0.15) is 17.9 Å². The standard InChI is InChI=1S/C11H9F3O2S/c12-11(13,14)17-7-3-1-6(2-4-7)8-5-9(8)10(15)16/h1-4,8-9H,5H2,(H,15,16)/t8-,9+/m0/s1. The summed E-state index contributed by atoms with van der Waals surface area (Å²) in [6.07, 6.45) is 0.571. The summed E-state index contributed by atoms with van der Waals surface area (Å²) in [5.41, 5.74) is -3.49. The lowest BCUT2D eigenvalue weighted by molar-refractivity contribution is -0.138. The van der Waals surface area contributed by atoms with Crippen molar-refractivity contribution < 1.29 is 23.1 Å². The first kappa shape index (κ1) is 12.3. The second kappa shape index (κ2) is 4.25. The molecule has 0 bridgehead atoms. The molecule has 1 aliphatic carbocycles. The molecule has 0 radical (unpaired) electrons. The van der Waals surface area contributed by atoms with Gasteiger partial charge >= 0.3 is 11.5 Å². The number of alkyl halides is 3. The minimum Gasteiger partial charge on any atom is -0.481 e. The zero-order valence-electron chi connectivity index (χ0n) is 8.57. The molecule has 0 aromatic heterocycles. The molecular formula is C11H9F3O2S. The Morgan fingerprint density at radius 2 is 1.88 bits per heavy atom. The van der Waals surface area contributed by atoms with Crippen LogP contribution in [0, 0.1) is 5.92 Å². The fourth-order valence-electron chi connectivity index (χ4n) is 1.75. The van der Waals surface area contributed by atoms with Crippen LogP contribution in [0.3, 0.4) is 0 Å². The smallest absolute Gasteiger partial charge is 0.446 e. The molecule has 2 atom stereocenters. The molecule has 1 fully saturated rings. The molecular weight excluding hydrogens is 253 g/mol. The van der Waals surface area contributed by atoms with Crippen LogP contribution in [-0.4, -0.2) is 16.6 Å². The molecule has 2 rings (SSSR count). The number of carbonyl (C=O) groups is 1. The number of thioether (sulfide) groups is 1. The molecule has 2 nitrogen and oxygen atoms in total. The van der Waals surface area contributed by atoms with Crippen LogP contribution in [0.15, 0.2) is 29.2 Å². The third-order valence-corrected chi connectivity index (χ3v) is 3.39. The van der Waals surface area contributed by atoms with Crippen LogP contribution in [0.25, 0.3) is 0 Å². The van der Waals surface area contributed by atoms with Gasteiger partial charge in [-0.3, -0.25) is 4.79 Å². The highest BCUT2D eigenvalue weighted by atomic mass is 32.2. The van der Waals surface area contributed by atoms with Gasteiger partial charge in [0.15, 0.2) is 0 Å². The second-order valence-electron chi connectivity index (χ2n) is 3.90. The largest absolute Gasteiger partial charge is 0.481 e. The molecule has 0 spiro atoms. The molecule has 1 N–H and O–H groups in total. The van der Waals surface area contributed by atoms with E-state index in [1.807, 2.05) is 0 Å². The van der Waals surface area contributed by atoms with Crippen LogP contribution < -0.4 is 0 Å². The number of benzene rings is 1. The maximum absolute atomic E-state index is 12.1. The average molecular weight is 262 g/mol. The first-order chi connectivity index (χ1) is 7.87. The number of carboxylic acids is 1. The van der Waals surface area contributed by atoms with Gasteiger partial charge in [0.05, 0.1) is 5.92 Å². The van der Waals surface area contributed by atoms with Gasteiger partial charge in [0.25, 0.3) is 0 Å². The van der Waals surface area contributed by atoms with Crippen molar-refractivity contribution in [3.63, 3.8) is 0 Å². The zero-order chi connectivity index (χ0) is 12.6. The van der Waals surface area contributed by atoms with Crippen LogP contribution in [-0.2, 0) is 4.79 Å². The summed E-state index contributed by atoms with van der Waals surface area (Å²) < 4.78 is 36.2. The molecule has 1 aromatic rings. The van der Waals surface area contributed by atoms with Gasteiger partial charge in [-0.25, -0.2) is 0 Å². The second-order valence-corrected chi connectivity index (χ2v) is 5.04. The summed E-state index contributed by atoms with van der Waals surface area (Å²) in [6, 6.07) is 5.90. The van der Waals surface area contributed by atoms with Gasteiger partial charge in [-0.2, -0.15) is 13.2 Å². The summed E-state index contributed by atoms with van der Waals surface area (Å²) >= 11 is -0.168. The Morgan fingerprint density at radius 3 is 2.29 bits per heavy atom. The van der Waals surface area contributed by atoms with Crippen molar-refractivity contribution >= 4 is 17.7 Å². The van der Waals surface area contributed by atoms with E-state index >= 15 is 0 Å². The molecule has 0 heterocycles. The van der Waals surface area contributed by atoms with Crippen molar-refractivity contribution in [3.05, 3.63) is 29.8 Å². The van der Waals surface area contributed by atoms with E-state index in [0.29, 0.717) is 6.42 Å². The molecule has 1 aliphatic rings. The van der Waals surface area contributed by atoms with Gasteiger partial charge in [0.1, 0.15) is 0 Å². The number of hydrogen-bond acceptors (Lipinski definition) is 2. The van der Waals surface area contributed by atoms with Crippen molar-refractivity contribution in [3.8, 4) is 0 Å². The Bertz CT molecular complexity index is 427. The first-order valence-electron chi connectivity index (χ1n) is 4.95. The number of rotatable bonds is 3. The number of hydrogen-bond donors (Lipinski definition) is 1. The van der Waals surface area contributed by atoms with E-state index in [0.717, 1.165) is 5.56 Å². The molecule has 6 heteroatoms. The van der Waals surface area contributed by atoms with E-state index in [4.69, 9.17) is 5.11 Å². The van der Waals surface area contributed by atoms with Crippen LogP contribution in [0.2, 0.25) is 0 Å². The number of carboxylic acid groups (broad SMARTS) is 1. The minimum atomic E-state index is -4.29. The average Bonchev–Trinajstić information content (AvgIpc) is 2.96. The van der Waals surface area contributed by atoms with Gasteiger partial charge in [-0.15, -0.1) is 0 Å². The van der Waals surface area contributed by atoms with Crippen molar-refractivity contribution in [1.29, 1.82) is 0 Å². The van der Waals surface area contributed by atoms with Crippen molar-refractivity contribution in [2.24, 2.45) is 5.92 Å². The van der Waals surface area contributed by atoms with Gasteiger partial charge in [0, 0.05) is 4.90 Å². The monoisotopic (exact) mass is 262 g/mol. The number of aliphatic carboxylic acids is 1. The summed E-state index contributed by atoms with van der Waals surface area (Å²) in [5, 5.41) is 8.74. The van der Waals surface area contributed by atoms with E-state index in [2.05, 4.69) is 0 Å². The predicted octanol–water partition coefficient (Wildman–Crippen LogP) is 3.49. The zero-order valence-corrected chi connectivity index (χ0v) is 9.39. The minimum absolute atomic E-state index is 0.0440. The maximum atomic E-state index is 12.1. The van der Waals surface area contributed by atoms with Crippen molar-refractivity contribution in [2.75, 3.05) is 0 Å². The van der Waals surface area contributed by atoms with Gasteiger partial charge in [-0.1, -0.05) is 12.1 Å². The summed E-state index contributed by atoms with van der Waals surface area (Å²) in [7, 11) is 0. The fraction of sp³-hybridized carbons (Fsp3) is 0.364. The molecule has 1 saturated carbocycles. The fourth-order valence-corrected chi connectivity index (χ4v) is 2.29. The van der Waals surface area contributed by atoms with E-state index in [1.54, 1.807) is 12.1 Å². The first-order valence-corrected chi connectivity index (χ1v) is 5.77.